The minimum absolute atomic E-state index is 0.0876. The molecule has 1 aliphatic heterocycles. The van der Waals surface area contributed by atoms with Gasteiger partial charge in [0.2, 0.25) is 0 Å². The number of oxazole rings is 1. The second kappa shape index (κ2) is 5.26. The van der Waals surface area contributed by atoms with Crippen molar-refractivity contribution in [3.63, 3.8) is 0 Å². The van der Waals surface area contributed by atoms with E-state index in [-0.39, 0.29) is 11.5 Å². The molecule has 1 aromatic carbocycles. The lowest BCUT2D eigenvalue weighted by molar-refractivity contribution is -0.0890. The van der Waals surface area contributed by atoms with Crippen molar-refractivity contribution in [3.8, 4) is 0 Å². The first-order chi connectivity index (χ1) is 8.83. The lowest BCUT2D eigenvalue weighted by Crippen LogP contribution is -2.36. The van der Waals surface area contributed by atoms with E-state index in [0.717, 1.165) is 11.1 Å². The fourth-order valence-electron chi connectivity index (χ4n) is 2.02. The van der Waals surface area contributed by atoms with Crippen LogP contribution in [0.15, 0.2) is 28.7 Å². The molecule has 3 rings (SSSR count). The number of fused-ring (bicyclic) bond motifs is 1. The summed E-state index contributed by atoms with van der Waals surface area (Å²) in [5.74, 6) is 0.644. The van der Waals surface area contributed by atoms with Crippen LogP contribution in [0.1, 0.15) is 5.89 Å². The van der Waals surface area contributed by atoms with Crippen LogP contribution in [0.2, 0.25) is 0 Å². The van der Waals surface area contributed by atoms with Crippen molar-refractivity contribution in [2.45, 2.75) is 17.9 Å². The normalized spacial score (nSPS) is 22.2. The van der Waals surface area contributed by atoms with E-state index in [2.05, 4.69) is 4.98 Å². The lowest BCUT2D eigenvalue weighted by Gasteiger charge is -2.26. The highest BCUT2D eigenvalue weighted by Gasteiger charge is 2.25. The van der Waals surface area contributed by atoms with Crippen molar-refractivity contribution < 1.29 is 13.9 Å². The molecule has 0 aliphatic carbocycles. The smallest absolute Gasteiger partial charge is 0.197 e. The summed E-state index contributed by atoms with van der Waals surface area (Å²) in [5, 5.41) is -0.182. The van der Waals surface area contributed by atoms with Gasteiger partial charge in [-0.1, -0.05) is 12.1 Å². The Labute approximate surface area is 110 Å². The maximum Gasteiger partial charge on any atom is 0.197 e. The van der Waals surface area contributed by atoms with Crippen LogP contribution in [-0.2, 0) is 15.9 Å². The first-order valence-electron chi connectivity index (χ1n) is 6.01. The van der Waals surface area contributed by atoms with Crippen LogP contribution in [0.4, 0.5) is 0 Å². The van der Waals surface area contributed by atoms with Gasteiger partial charge in [0.1, 0.15) is 5.52 Å². The number of para-hydroxylation sites is 2. The van der Waals surface area contributed by atoms with E-state index in [4.69, 9.17) is 25.5 Å². The Morgan fingerprint density at radius 2 is 2.22 bits per heavy atom. The average molecular weight is 268 g/mol. The zero-order valence-electron chi connectivity index (χ0n) is 9.84. The Kier molecular flexibility index (Phi) is 3.50. The lowest BCUT2D eigenvalue weighted by atomic mass is 10.2. The van der Waals surface area contributed by atoms with Crippen molar-refractivity contribution in [1.29, 1.82) is 0 Å². The molecule has 0 bridgehead atoms. The highest BCUT2D eigenvalue weighted by molar-refractivity contribution is 6.21. The first kappa shape index (κ1) is 12.0. The third-order valence-corrected chi connectivity index (χ3v) is 3.39. The molecular weight excluding hydrogens is 254 g/mol. The van der Waals surface area contributed by atoms with E-state index in [0.29, 0.717) is 32.1 Å². The van der Waals surface area contributed by atoms with Crippen LogP contribution in [0, 0.1) is 0 Å². The summed E-state index contributed by atoms with van der Waals surface area (Å²) in [6, 6.07) is 7.68. The van der Waals surface area contributed by atoms with E-state index in [1.165, 1.54) is 0 Å². The van der Waals surface area contributed by atoms with Gasteiger partial charge in [-0.05, 0) is 12.1 Å². The minimum atomic E-state index is -0.182. The van der Waals surface area contributed by atoms with Gasteiger partial charge in [-0.25, -0.2) is 4.98 Å². The topological polar surface area (TPSA) is 44.5 Å². The average Bonchev–Trinajstić information content (AvgIpc) is 2.82. The van der Waals surface area contributed by atoms with E-state index in [1.54, 1.807) is 0 Å². The molecule has 2 atom stereocenters. The number of benzene rings is 1. The summed E-state index contributed by atoms with van der Waals surface area (Å²) < 4.78 is 16.5. The number of alkyl halides is 1. The number of halogens is 1. The third kappa shape index (κ3) is 2.51. The fraction of sp³-hybridized carbons (Fsp3) is 0.462. The zero-order valence-corrected chi connectivity index (χ0v) is 10.6. The fourth-order valence-corrected chi connectivity index (χ4v) is 2.30. The highest BCUT2D eigenvalue weighted by Crippen LogP contribution is 2.20. The van der Waals surface area contributed by atoms with E-state index in [1.807, 2.05) is 24.3 Å². The first-order valence-corrected chi connectivity index (χ1v) is 6.44. The molecule has 4 nitrogen and oxygen atoms in total. The van der Waals surface area contributed by atoms with Crippen molar-refractivity contribution >= 4 is 22.7 Å². The monoisotopic (exact) mass is 267 g/mol. The van der Waals surface area contributed by atoms with Gasteiger partial charge in [0.05, 0.1) is 31.3 Å². The van der Waals surface area contributed by atoms with Gasteiger partial charge in [-0.3, -0.25) is 0 Å². The molecular formula is C13H14ClNO3. The molecule has 1 saturated heterocycles. The predicted molar refractivity (Wildman–Crippen MR) is 67.9 cm³/mol. The van der Waals surface area contributed by atoms with Crippen LogP contribution in [0.3, 0.4) is 0 Å². The van der Waals surface area contributed by atoms with Gasteiger partial charge in [-0.15, -0.1) is 11.6 Å². The number of hydrogen-bond donors (Lipinski definition) is 0. The summed E-state index contributed by atoms with van der Waals surface area (Å²) in [4.78, 5) is 4.40. The Balaban J connectivity index is 1.71. The second-order valence-electron chi connectivity index (χ2n) is 4.28. The van der Waals surface area contributed by atoms with Crippen molar-refractivity contribution in [2.24, 2.45) is 0 Å². The number of ether oxygens (including phenoxy) is 2. The quantitative estimate of drug-likeness (QED) is 0.801. The number of hydrogen-bond acceptors (Lipinski definition) is 4. The molecule has 1 aliphatic rings. The molecule has 2 heterocycles. The Morgan fingerprint density at radius 3 is 3.00 bits per heavy atom. The number of rotatable bonds is 3. The maximum absolute atomic E-state index is 6.32. The van der Waals surface area contributed by atoms with Gasteiger partial charge in [0.25, 0.3) is 0 Å². The highest BCUT2D eigenvalue weighted by atomic mass is 35.5. The SMILES string of the molecule is ClC(Cc1nc2ccccc2o1)C1COCCO1. The van der Waals surface area contributed by atoms with Gasteiger partial charge in [0, 0.05) is 6.42 Å². The van der Waals surface area contributed by atoms with Crippen molar-refractivity contribution in [1.82, 2.24) is 4.98 Å². The summed E-state index contributed by atoms with van der Waals surface area (Å²) in [6.45, 7) is 1.78. The predicted octanol–water partition coefficient (Wildman–Crippen LogP) is 2.39. The molecule has 0 spiro atoms. The van der Waals surface area contributed by atoms with Crippen LogP contribution in [-0.4, -0.2) is 36.3 Å². The number of nitrogens with zero attached hydrogens (tertiary/aromatic N) is 1. The molecule has 18 heavy (non-hydrogen) atoms. The molecule has 0 radical (unpaired) electrons. The molecule has 0 N–H and O–H groups in total. The molecule has 0 amide bonds. The summed E-state index contributed by atoms with van der Waals surface area (Å²) in [6.07, 6.45) is 0.458. The second-order valence-corrected chi connectivity index (χ2v) is 4.84. The molecule has 1 aromatic heterocycles. The van der Waals surface area contributed by atoms with Crippen LogP contribution >= 0.6 is 11.6 Å². The largest absolute Gasteiger partial charge is 0.441 e. The Hall–Kier alpha value is -1.10. The summed E-state index contributed by atoms with van der Waals surface area (Å²) in [5.41, 5.74) is 1.65. The van der Waals surface area contributed by atoms with Crippen molar-refractivity contribution in [3.05, 3.63) is 30.2 Å². The van der Waals surface area contributed by atoms with Gasteiger partial charge in [-0.2, -0.15) is 0 Å². The molecule has 2 aromatic rings. The van der Waals surface area contributed by atoms with Crippen molar-refractivity contribution in [2.75, 3.05) is 19.8 Å². The molecule has 0 saturated carbocycles. The van der Waals surface area contributed by atoms with Crippen LogP contribution < -0.4 is 0 Å². The Morgan fingerprint density at radius 1 is 1.33 bits per heavy atom. The molecule has 2 unspecified atom stereocenters. The zero-order chi connectivity index (χ0) is 12.4. The third-order valence-electron chi connectivity index (χ3n) is 2.95. The maximum atomic E-state index is 6.32. The molecule has 96 valence electrons. The molecule has 5 heteroatoms. The molecule has 1 fully saturated rings. The number of aromatic nitrogens is 1. The van der Waals surface area contributed by atoms with E-state index in [9.17, 15) is 0 Å². The van der Waals surface area contributed by atoms with Crippen LogP contribution in [0.25, 0.3) is 11.1 Å². The summed E-state index contributed by atoms with van der Waals surface area (Å²) in [7, 11) is 0. The van der Waals surface area contributed by atoms with Gasteiger partial charge in [0.15, 0.2) is 11.5 Å². The van der Waals surface area contributed by atoms with Crippen LogP contribution in [0.5, 0.6) is 0 Å². The minimum Gasteiger partial charge on any atom is -0.441 e. The van der Waals surface area contributed by atoms with Gasteiger partial charge >= 0.3 is 0 Å². The standard InChI is InChI=1S/C13H14ClNO3/c14-9(12-8-16-5-6-17-12)7-13-15-10-3-1-2-4-11(10)18-13/h1-4,9,12H,5-8H2. The summed E-state index contributed by atoms with van der Waals surface area (Å²) >= 11 is 6.32. The van der Waals surface area contributed by atoms with E-state index < -0.39 is 0 Å². The van der Waals surface area contributed by atoms with Gasteiger partial charge < -0.3 is 13.9 Å². The van der Waals surface area contributed by atoms with E-state index >= 15 is 0 Å². The Bertz CT molecular complexity index is 489.